The van der Waals surface area contributed by atoms with E-state index in [0.717, 1.165) is 26.2 Å². The van der Waals surface area contributed by atoms with Crippen LogP contribution in [0.25, 0.3) is 0 Å². The molecule has 0 amide bonds. The first kappa shape index (κ1) is 14.7. The van der Waals surface area contributed by atoms with Gasteiger partial charge in [0.25, 0.3) is 0 Å². The lowest BCUT2D eigenvalue weighted by Gasteiger charge is -2.18. The van der Waals surface area contributed by atoms with Gasteiger partial charge in [-0.05, 0) is 45.3 Å². The number of likely N-dealkylation sites (tertiary alicyclic amines) is 1. The summed E-state index contributed by atoms with van der Waals surface area (Å²) in [6.45, 7) is 12.2. The third-order valence-corrected chi connectivity index (χ3v) is 3.41. The zero-order valence-corrected chi connectivity index (χ0v) is 11.3. The monoisotopic (exact) mass is 240 g/mol. The van der Waals surface area contributed by atoms with E-state index < -0.39 is 0 Å². The van der Waals surface area contributed by atoms with Crippen LogP contribution < -0.4 is 5.32 Å². The summed E-state index contributed by atoms with van der Waals surface area (Å²) in [6, 6.07) is 0.689. The molecule has 1 aliphatic rings. The molecule has 3 nitrogen and oxygen atoms in total. The number of rotatable bonds is 8. The van der Waals surface area contributed by atoms with Gasteiger partial charge in [-0.15, -0.1) is 6.58 Å². The molecule has 1 rings (SSSR count). The minimum atomic E-state index is 0.689. The van der Waals surface area contributed by atoms with Crippen molar-refractivity contribution in [2.75, 3.05) is 39.4 Å². The lowest BCUT2D eigenvalue weighted by molar-refractivity contribution is 0.137. The first-order chi connectivity index (χ1) is 8.36. The Kier molecular flexibility index (Phi) is 8.32. The summed E-state index contributed by atoms with van der Waals surface area (Å²) in [5, 5.41) is 3.61. The zero-order chi connectivity index (χ0) is 12.3. The topological polar surface area (TPSA) is 24.5 Å². The molecule has 0 aromatic heterocycles. The van der Waals surface area contributed by atoms with Crippen molar-refractivity contribution in [1.82, 2.24) is 10.2 Å². The molecule has 1 heterocycles. The molecule has 0 spiro atoms. The Hall–Kier alpha value is -0.380. The third-order valence-electron chi connectivity index (χ3n) is 3.41. The Labute approximate surface area is 106 Å². The molecule has 0 bridgehead atoms. The van der Waals surface area contributed by atoms with E-state index in [2.05, 4.69) is 23.7 Å². The van der Waals surface area contributed by atoms with Crippen molar-refractivity contribution in [3.8, 4) is 0 Å². The van der Waals surface area contributed by atoms with Crippen LogP contribution in [0.15, 0.2) is 12.7 Å². The van der Waals surface area contributed by atoms with Crippen LogP contribution in [0.5, 0.6) is 0 Å². The van der Waals surface area contributed by atoms with Crippen LogP contribution in [-0.4, -0.2) is 50.3 Å². The maximum atomic E-state index is 5.49. The van der Waals surface area contributed by atoms with Gasteiger partial charge >= 0.3 is 0 Å². The van der Waals surface area contributed by atoms with Crippen LogP contribution in [0.3, 0.4) is 0 Å². The first-order valence-corrected chi connectivity index (χ1v) is 7.01. The molecule has 0 aliphatic carbocycles. The lowest BCUT2D eigenvalue weighted by Crippen LogP contribution is -2.33. The summed E-state index contributed by atoms with van der Waals surface area (Å²) in [5.74, 6) is 0. The standard InChI is InChI=1S/C14H28N2O/c1-3-5-12-17-13-9-15-14-7-6-10-16(4-2)11-8-14/h3,14-15H,1,4-13H2,2H3. The van der Waals surface area contributed by atoms with Crippen LogP contribution in [0.4, 0.5) is 0 Å². The second-order valence-electron chi connectivity index (χ2n) is 4.71. The van der Waals surface area contributed by atoms with E-state index in [-0.39, 0.29) is 0 Å². The highest BCUT2D eigenvalue weighted by Gasteiger charge is 2.14. The zero-order valence-electron chi connectivity index (χ0n) is 11.3. The minimum Gasteiger partial charge on any atom is -0.380 e. The third kappa shape index (κ3) is 6.81. The van der Waals surface area contributed by atoms with Crippen LogP contribution in [-0.2, 0) is 4.74 Å². The molecule has 1 N–H and O–H groups in total. The fourth-order valence-corrected chi connectivity index (χ4v) is 2.28. The van der Waals surface area contributed by atoms with Crippen LogP contribution in [0, 0.1) is 0 Å². The molecule has 1 saturated heterocycles. The van der Waals surface area contributed by atoms with Crippen molar-refractivity contribution in [2.24, 2.45) is 0 Å². The highest BCUT2D eigenvalue weighted by Crippen LogP contribution is 2.10. The molecule has 0 radical (unpaired) electrons. The van der Waals surface area contributed by atoms with Gasteiger partial charge in [-0.25, -0.2) is 0 Å². The van der Waals surface area contributed by atoms with Gasteiger partial charge in [0.1, 0.15) is 0 Å². The Morgan fingerprint density at radius 2 is 2.24 bits per heavy atom. The largest absolute Gasteiger partial charge is 0.380 e. The Morgan fingerprint density at radius 3 is 3.00 bits per heavy atom. The average Bonchev–Trinajstić information content (AvgIpc) is 2.59. The molecule has 1 unspecified atom stereocenters. The summed E-state index contributed by atoms with van der Waals surface area (Å²) < 4.78 is 5.49. The summed E-state index contributed by atoms with van der Waals surface area (Å²) >= 11 is 0. The Bertz CT molecular complexity index is 197. The van der Waals surface area contributed by atoms with E-state index >= 15 is 0 Å². The summed E-state index contributed by atoms with van der Waals surface area (Å²) in [5.41, 5.74) is 0. The van der Waals surface area contributed by atoms with Gasteiger partial charge in [-0.2, -0.15) is 0 Å². The summed E-state index contributed by atoms with van der Waals surface area (Å²) in [4.78, 5) is 2.54. The fraction of sp³-hybridized carbons (Fsp3) is 0.857. The number of ether oxygens (including phenoxy) is 1. The lowest BCUT2D eigenvalue weighted by atomic mass is 10.1. The molecule has 100 valence electrons. The van der Waals surface area contributed by atoms with Gasteiger partial charge in [0.15, 0.2) is 0 Å². The van der Waals surface area contributed by atoms with Crippen molar-refractivity contribution in [2.45, 2.75) is 38.6 Å². The second kappa shape index (κ2) is 9.63. The normalized spacial score (nSPS) is 22.3. The molecular weight excluding hydrogens is 212 g/mol. The number of nitrogens with zero attached hydrogens (tertiary/aromatic N) is 1. The van der Waals surface area contributed by atoms with E-state index in [4.69, 9.17) is 4.74 Å². The quantitative estimate of drug-likeness (QED) is 0.519. The molecule has 17 heavy (non-hydrogen) atoms. The van der Waals surface area contributed by atoms with Gasteiger partial charge in [-0.1, -0.05) is 13.0 Å². The van der Waals surface area contributed by atoms with Crippen molar-refractivity contribution in [3.63, 3.8) is 0 Å². The van der Waals surface area contributed by atoms with Gasteiger partial charge < -0.3 is 15.0 Å². The molecule has 1 atom stereocenters. The van der Waals surface area contributed by atoms with Gasteiger partial charge in [0, 0.05) is 12.6 Å². The van der Waals surface area contributed by atoms with Crippen LogP contribution in [0.2, 0.25) is 0 Å². The predicted molar refractivity (Wildman–Crippen MR) is 73.4 cm³/mol. The average molecular weight is 240 g/mol. The maximum Gasteiger partial charge on any atom is 0.0591 e. The fourth-order valence-electron chi connectivity index (χ4n) is 2.28. The minimum absolute atomic E-state index is 0.689. The van der Waals surface area contributed by atoms with Crippen molar-refractivity contribution in [1.29, 1.82) is 0 Å². The Morgan fingerprint density at radius 1 is 1.35 bits per heavy atom. The van der Waals surface area contributed by atoms with Gasteiger partial charge in [-0.3, -0.25) is 0 Å². The molecule has 0 aromatic carbocycles. The number of nitrogens with one attached hydrogen (secondary N) is 1. The highest BCUT2D eigenvalue weighted by molar-refractivity contribution is 4.74. The predicted octanol–water partition coefficient (Wildman–Crippen LogP) is 2.04. The van der Waals surface area contributed by atoms with Gasteiger partial charge in [0.05, 0.1) is 13.2 Å². The molecule has 3 heteroatoms. The second-order valence-corrected chi connectivity index (χ2v) is 4.71. The SMILES string of the molecule is C=CCCOCCNC1CCCN(CC)CC1. The van der Waals surface area contributed by atoms with Crippen molar-refractivity contribution >= 4 is 0 Å². The van der Waals surface area contributed by atoms with E-state index in [9.17, 15) is 0 Å². The van der Waals surface area contributed by atoms with E-state index in [1.165, 1.54) is 38.9 Å². The summed E-state index contributed by atoms with van der Waals surface area (Å²) in [7, 11) is 0. The van der Waals surface area contributed by atoms with E-state index in [1.54, 1.807) is 0 Å². The highest BCUT2D eigenvalue weighted by atomic mass is 16.5. The first-order valence-electron chi connectivity index (χ1n) is 7.01. The number of hydrogen-bond acceptors (Lipinski definition) is 3. The smallest absolute Gasteiger partial charge is 0.0591 e. The molecular formula is C14H28N2O. The van der Waals surface area contributed by atoms with Crippen molar-refractivity contribution in [3.05, 3.63) is 12.7 Å². The molecule has 0 saturated carbocycles. The van der Waals surface area contributed by atoms with Gasteiger partial charge in [0.2, 0.25) is 0 Å². The summed E-state index contributed by atoms with van der Waals surface area (Å²) in [6.07, 6.45) is 6.76. The maximum absolute atomic E-state index is 5.49. The Balaban J connectivity index is 2.01. The van der Waals surface area contributed by atoms with E-state index in [0.29, 0.717) is 6.04 Å². The van der Waals surface area contributed by atoms with E-state index in [1.807, 2.05) is 6.08 Å². The van der Waals surface area contributed by atoms with Crippen LogP contribution >= 0.6 is 0 Å². The number of hydrogen-bond donors (Lipinski definition) is 1. The molecule has 1 fully saturated rings. The molecule has 0 aromatic rings. The van der Waals surface area contributed by atoms with Crippen LogP contribution in [0.1, 0.15) is 32.6 Å². The van der Waals surface area contributed by atoms with Crippen molar-refractivity contribution < 1.29 is 4.74 Å². The molecule has 1 aliphatic heterocycles.